The maximum absolute atomic E-state index is 13.1. The van der Waals surface area contributed by atoms with Crippen LogP contribution in [0.25, 0.3) is 0 Å². The number of nitrogens with one attached hydrogen (secondary N) is 1. The molecule has 1 saturated heterocycles. The lowest BCUT2D eigenvalue weighted by Gasteiger charge is -2.27. The van der Waals surface area contributed by atoms with Crippen LogP contribution in [0.2, 0.25) is 0 Å². The third-order valence-corrected chi connectivity index (χ3v) is 5.37. The Morgan fingerprint density at radius 3 is 2.35 bits per heavy atom. The lowest BCUT2D eigenvalue weighted by atomic mass is 10.0. The standard InChI is InChI=1S/C20H22F3N5O2S/c1-12(2)26-16-9-13(24-11-25-16)10-27-18(30)28(17(29)19(27,3)4)14-5-7-15(8-6-14)31-20(21,22)23/h5-9,11-12H,10H2,1-4H3,(H,24,25,26). The number of hydrogen-bond donors (Lipinski definition) is 1. The number of carbonyl (C=O) groups excluding carboxylic acids is 2. The van der Waals surface area contributed by atoms with E-state index < -0.39 is 23.0 Å². The molecule has 166 valence electrons. The molecule has 2 heterocycles. The third kappa shape index (κ3) is 5.09. The van der Waals surface area contributed by atoms with Gasteiger partial charge in [-0.1, -0.05) is 0 Å². The van der Waals surface area contributed by atoms with Crippen molar-refractivity contribution in [2.24, 2.45) is 0 Å². The Morgan fingerprint density at radius 2 is 1.77 bits per heavy atom. The average Bonchev–Trinajstić information content (AvgIpc) is 2.81. The normalized spacial score (nSPS) is 16.4. The first-order valence-corrected chi connectivity index (χ1v) is 10.3. The molecule has 2 aromatic rings. The summed E-state index contributed by atoms with van der Waals surface area (Å²) in [5, 5.41) is 3.15. The van der Waals surface area contributed by atoms with E-state index in [-0.39, 0.29) is 34.9 Å². The van der Waals surface area contributed by atoms with E-state index in [1.54, 1.807) is 19.9 Å². The van der Waals surface area contributed by atoms with Gasteiger partial charge in [0.25, 0.3) is 5.91 Å². The van der Waals surface area contributed by atoms with Crippen molar-refractivity contribution >= 4 is 35.2 Å². The Kier molecular flexibility index (Phi) is 6.17. The van der Waals surface area contributed by atoms with Crippen LogP contribution >= 0.6 is 11.8 Å². The van der Waals surface area contributed by atoms with Crippen molar-refractivity contribution in [1.82, 2.24) is 14.9 Å². The van der Waals surface area contributed by atoms with Gasteiger partial charge in [0.1, 0.15) is 17.7 Å². The van der Waals surface area contributed by atoms with Crippen molar-refractivity contribution in [3.8, 4) is 0 Å². The molecule has 3 amide bonds. The summed E-state index contributed by atoms with van der Waals surface area (Å²) in [6.07, 6.45) is 1.38. The van der Waals surface area contributed by atoms with Crippen LogP contribution in [0.4, 0.5) is 29.5 Å². The van der Waals surface area contributed by atoms with Gasteiger partial charge in [0.2, 0.25) is 0 Å². The minimum atomic E-state index is -4.42. The maximum Gasteiger partial charge on any atom is 0.446 e. The van der Waals surface area contributed by atoms with Crippen LogP contribution in [0.3, 0.4) is 0 Å². The van der Waals surface area contributed by atoms with Crippen LogP contribution in [-0.4, -0.2) is 43.9 Å². The second kappa shape index (κ2) is 8.37. The van der Waals surface area contributed by atoms with Gasteiger partial charge in [-0.2, -0.15) is 13.2 Å². The van der Waals surface area contributed by atoms with Crippen LogP contribution in [-0.2, 0) is 11.3 Å². The predicted molar refractivity (Wildman–Crippen MR) is 112 cm³/mol. The minimum absolute atomic E-state index is 0.0300. The van der Waals surface area contributed by atoms with Gasteiger partial charge < -0.3 is 10.2 Å². The molecular weight excluding hydrogens is 431 g/mol. The fourth-order valence-electron chi connectivity index (χ4n) is 3.15. The van der Waals surface area contributed by atoms with Crippen LogP contribution in [0, 0.1) is 0 Å². The Hall–Kier alpha value is -2.82. The van der Waals surface area contributed by atoms with E-state index in [0.717, 1.165) is 4.90 Å². The molecule has 0 spiro atoms. The number of nitrogens with zero attached hydrogens (tertiary/aromatic N) is 4. The monoisotopic (exact) mass is 453 g/mol. The van der Waals surface area contributed by atoms with Crippen LogP contribution < -0.4 is 10.2 Å². The summed E-state index contributed by atoms with van der Waals surface area (Å²) in [6, 6.07) is 6.43. The van der Waals surface area contributed by atoms with E-state index in [1.165, 1.54) is 35.5 Å². The lowest BCUT2D eigenvalue weighted by molar-refractivity contribution is -0.123. The zero-order chi connectivity index (χ0) is 23.0. The summed E-state index contributed by atoms with van der Waals surface area (Å²) in [7, 11) is 0. The molecular formula is C20H22F3N5O2S. The number of aromatic nitrogens is 2. The molecule has 0 unspecified atom stereocenters. The minimum Gasteiger partial charge on any atom is -0.368 e. The number of imide groups is 1. The molecule has 1 N–H and O–H groups in total. The number of carbonyl (C=O) groups is 2. The Morgan fingerprint density at radius 1 is 1.13 bits per heavy atom. The highest BCUT2D eigenvalue weighted by molar-refractivity contribution is 8.00. The van der Waals surface area contributed by atoms with E-state index in [2.05, 4.69) is 15.3 Å². The summed E-state index contributed by atoms with van der Waals surface area (Å²) in [5.74, 6) is 0.133. The molecule has 0 bridgehead atoms. The van der Waals surface area contributed by atoms with Crippen molar-refractivity contribution in [3.63, 3.8) is 0 Å². The summed E-state index contributed by atoms with van der Waals surface area (Å²) in [5.41, 5.74) is -4.82. The zero-order valence-corrected chi connectivity index (χ0v) is 18.2. The lowest BCUT2D eigenvalue weighted by Crippen LogP contribution is -2.43. The number of benzene rings is 1. The first kappa shape index (κ1) is 22.9. The van der Waals surface area contributed by atoms with E-state index >= 15 is 0 Å². The van der Waals surface area contributed by atoms with Gasteiger partial charge in [-0.3, -0.25) is 4.79 Å². The largest absolute Gasteiger partial charge is 0.446 e. The van der Waals surface area contributed by atoms with Crippen LogP contribution in [0.1, 0.15) is 33.4 Å². The van der Waals surface area contributed by atoms with Crippen LogP contribution in [0.5, 0.6) is 0 Å². The van der Waals surface area contributed by atoms with Gasteiger partial charge in [-0.25, -0.2) is 19.7 Å². The second-order valence-corrected chi connectivity index (χ2v) is 8.94. The summed E-state index contributed by atoms with van der Waals surface area (Å²) >= 11 is -0.258. The highest BCUT2D eigenvalue weighted by atomic mass is 32.2. The molecule has 11 heteroatoms. The van der Waals surface area contributed by atoms with Crippen molar-refractivity contribution in [2.75, 3.05) is 10.2 Å². The van der Waals surface area contributed by atoms with Gasteiger partial charge in [0, 0.05) is 17.0 Å². The van der Waals surface area contributed by atoms with Crippen molar-refractivity contribution in [1.29, 1.82) is 0 Å². The topological polar surface area (TPSA) is 78.4 Å². The zero-order valence-electron chi connectivity index (χ0n) is 17.4. The smallest absolute Gasteiger partial charge is 0.368 e. The van der Waals surface area contributed by atoms with E-state index in [9.17, 15) is 22.8 Å². The maximum atomic E-state index is 13.1. The molecule has 3 rings (SSSR count). The SMILES string of the molecule is CC(C)Nc1cc(CN2C(=O)N(c3ccc(SC(F)(F)F)cc3)C(=O)C2(C)C)ncn1. The number of amides is 3. The van der Waals surface area contributed by atoms with Crippen LogP contribution in [0.15, 0.2) is 41.6 Å². The number of alkyl halides is 3. The molecule has 0 saturated carbocycles. The number of thioether (sulfide) groups is 1. The van der Waals surface area contributed by atoms with Crippen molar-refractivity contribution in [2.45, 2.75) is 56.2 Å². The number of rotatable bonds is 6. The van der Waals surface area contributed by atoms with Gasteiger partial charge in [-0.05, 0) is 63.7 Å². The number of halogens is 3. The fourth-order valence-corrected chi connectivity index (χ4v) is 3.69. The second-order valence-electron chi connectivity index (χ2n) is 7.80. The molecule has 1 aliphatic heterocycles. The molecule has 0 atom stereocenters. The van der Waals surface area contributed by atoms with E-state index in [1.807, 2.05) is 13.8 Å². The average molecular weight is 453 g/mol. The fraction of sp³-hybridized carbons (Fsp3) is 0.400. The van der Waals surface area contributed by atoms with Gasteiger partial charge >= 0.3 is 11.5 Å². The van der Waals surface area contributed by atoms with Gasteiger partial charge in [-0.15, -0.1) is 0 Å². The molecule has 31 heavy (non-hydrogen) atoms. The molecule has 1 aromatic carbocycles. The quantitative estimate of drug-likeness (QED) is 0.507. The Bertz CT molecular complexity index is 980. The highest BCUT2D eigenvalue weighted by Gasteiger charge is 2.51. The van der Waals surface area contributed by atoms with E-state index in [4.69, 9.17) is 0 Å². The molecule has 0 radical (unpaired) electrons. The Balaban J connectivity index is 1.83. The third-order valence-electron chi connectivity index (χ3n) is 4.63. The number of anilines is 2. The van der Waals surface area contributed by atoms with Gasteiger partial charge in [0.15, 0.2) is 0 Å². The van der Waals surface area contributed by atoms with Crippen molar-refractivity contribution < 1.29 is 22.8 Å². The first-order chi connectivity index (χ1) is 14.4. The summed E-state index contributed by atoms with van der Waals surface area (Å²) in [4.78, 5) is 36.8. The predicted octanol–water partition coefficient (Wildman–Crippen LogP) is 4.66. The summed E-state index contributed by atoms with van der Waals surface area (Å²) in [6.45, 7) is 7.24. The Labute approximate surface area is 182 Å². The molecule has 0 aliphatic carbocycles. The van der Waals surface area contributed by atoms with E-state index in [0.29, 0.717) is 11.5 Å². The number of urea groups is 1. The van der Waals surface area contributed by atoms with Crippen molar-refractivity contribution in [3.05, 3.63) is 42.4 Å². The molecule has 1 aliphatic rings. The first-order valence-electron chi connectivity index (χ1n) is 9.48. The highest BCUT2D eigenvalue weighted by Crippen LogP contribution is 2.38. The molecule has 1 aromatic heterocycles. The van der Waals surface area contributed by atoms with Gasteiger partial charge in [0.05, 0.1) is 17.9 Å². The summed E-state index contributed by atoms with van der Waals surface area (Å²) < 4.78 is 37.6. The molecule has 1 fully saturated rings. The molecule has 7 nitrogen and oxygen atoms in total. The number of hydrogen-bond acceptors (Lipinski definition) is 6.